The van der Waals surface area contributed by atoms with Gasteiger partial charge in [0.25, 0.3) is 5.91 Å². The van der Waals surface area contributed by atoms with Crippen LogP contribution in [0.1, 0.15) is 66.1 Å². The number of nitrogens with zero attached hydrogens (tertiary/aromatic N) is 2. The Morgan fingerprint density at radius 1 is 1.02 bits per heavy atom. The molecule has 2 aromatic carbocycles. The van der Waals surface area contributed by atoms with Gasteiger partial charge in [-0.15, -0.1) is 0 Å². The van der Waals surface area contributed by atoms with Crippen LogP contribution in [-0.4, -0.2) is 41.2 Å². The average molecular weight is 591 g/mol. The summed E-state index contributed by atoms with van der Waals surface area (Å²) in [7, 11) is 1.40. The summed E-state index contributed by atoms with van der Waals surface area (Å²) in [5.41, 5.74) is 0.0595. The molecule has 2 amide bonds. The minimum atomic E-state index is -4.85. The van der Waals surface area contributed by atoms with Crippen molar-refractivity contribution in [2.45, 2.75) is 50.6 Å². The lowest BCUT2D eigenvalue weighted by Crippen LogP contribution is -2.29. The van der Waals surface area contributed by atoms with Crippen LogP contribution in [0.3, 0.4) is 0 Å². The zero-order valence-electron chi connectivity index (χ0n) is 22.3. The molecule has 12 heteroatoms. The molecule has 0 saturated heterocycles. The summed E-state index contributed by atoms with van der Waals surface area (Å²) >= 11 is 5.83. The summed E-state index contributed by atoms with van der Waals surface area (Å²) in [5.74, 6) is -0.832. The molecule has 0 atom stereocenters. The summed E-state index contributed by atoms with van der Waals surface area (Å²) in [6.07, 6.45) is 0.316. The molecule has 1 fully saturated rings. The highest BCUT2D eigenvalue weighted by molar-refractivity contribution is 6.30. The topological polar surface area (TPSA) is 102 Å². The maximum Gasteiger partial charge on any atom is 0.435 e. The monoisotopic (exact) mass is 590 g/mol. The van der Waals surface area contributed by atoms with E-state index in [4.69, 9.17) is 16.3 Å². The van der Waals surface area contributed by atoms with Crippen LogP contribution in [0.25, 0.3) is 5.69 Å². The molecule has 1 aliphatic carbocycles. The number of hydrogen-bond donors (Lipinski definition) is 2. The molecule has 41 heavy (non-hydrogen) atoms. The van der Waals surface area contributed by atoms with Crippen LogP contribution in [0.15, 0.2) is 54.7 Å². The lowest BCUT2D eigenvalue weighted by atomic mass is 9.77. The van der Waals surface area contributed by atoms with Gasteiger partial charge in [0, 0.05) is 36.3 Å². The molecule has 1 aromatic heterocycles. The van der Waals surface area contributed by atoms with Crippen LogP contribution in [0.5, 0.6) is 0 Å². The van der Waals surface area contributed by atoms with Crippen molar-refractivity contribution in [3.63, 3.8) is 0 Å². The summed E-state index contributed by atoms with van der Waals surface area (Å²) in [6.45, 7) is -0.166. The Bertz CT molecular complexity index is 1370. The number of alkyl halides is 3. The van der Waals surface area contributed by atoms with Gasteiger partial charge in [0.2, 0.25) is 5.91 Å². The van der Waals surface area contributed by atoms with E-state index in [2.05, 4.69) is 15.7 Å². The van der Waals surface area contributed by atoms with Crippen molar-refractivity contribution < 1.29 is 32.3 Å². The van der Waals surface area contributed by atoms with Gasteiger partial charge in [-0.3, -0.25) is 14.4 Å². The fourth-order valence-corrected chi connectivity index (χ4v) is 5.07. The fraction of sp³-hybridized carbons (Fsp3) is 0.379. The molecule has 2 N–H and O–H groups in total. The van der Waals surface area contributed by atoms with Gasteiger partial charge in [-0.05, 0) is 79.5 Å². The number of hydrogen-bond acceptors (Lipinski definition) is 5. The number of esters is 1. The minimum absolute atomic E-state index is 0.135. The molecule has 0 unspecified atom stereocenters. The summed E-state index contributed by atoms with van der Waals surface area (Å²) in [4.78, 5) is 36.5. The minimum Gasteiger partial charge on any atom is -0.469 e. The van der Waals surface area contributed by atoms with E-state index in [-0.39, 0.29) is 18.9 Å². The largest absolute Gasteiger partial charge is 0.469 e. The van der Waals surface area contributed by atoms with Gasteiger partial charge in [0.05, 0.1) is 18.4 Å². The van der Waals surface area contributed by atoms with Crippen molar-refractivity contribution in [3.05, 3.63) is 76.6 Å². The van der Waals surface area contributed by atoms with Gasteiger partial charge in [0.1, 0.15) is 0 Å². The predicted octanol–water partition coefficient (Wildman–Crippen LogP) is 6.14. The quantitative estimate of drug-likeness (QED) is 0.292. The number of ether oxygens (including phenoxy) is 1. The number of methoxy groups -OCH3 is 1. The van der Waals surface area contributed by atoms with Crippen molar-refractivity contribution in [3.8, 4) is 5.69 Å². The van der Waals surface area contributed by atoms with Gasteiger partial charge < -0.3 is 15.4 Å². The first-order chi connectivity index (χ1) is 19.5. The number of anilines is 1. The van der Waals surface area contributed by atoms with Crippen LogP contribution in [0.2, 0.25) is 5.02 Å². The second-order valence-electron chi connectivity index (χ2n) is 9.98. The number of rotatable bonds is 9. The third-order valence-corrected chi connectivity index (χ3v) is 7.40. The Hall–Kier alpha value is -3.86. The number of nitrogens with one attached hydrogen (secondary N) is 2. The van der Waals surface area contributed by atoms with E-state index in [1.54, 1.807) is 12.1 Å². The predicted molar refractivity (Wildman–Crippen MR) is 147 cm³/mol. The summed E-state index contributed by atoms with van der Waals surface area (Å²) in [6, 6.07) is 13.5. The summed E-state index contributed by atoms with van der Waals surface area (Å²) in [5, 5.41) is 9.06. The molecule has 0 spiro atoms. The highest BCUT2D eigenvalue weighted by Crippen LogP contribution is 2.37. The van der Waals surface area contributed by atoms with Crippen molar-refractivity contribution in [1.29, 1.82) is 0 Å². The maximum absolute atomic E-state index is 13.6. The van der Waals surface area contributed by atoms with Gasteiger partial charge in [0.15, 0.2) is 5.69 Å². The molecule has 0 radical (unpaired) electrons. The summed E-state index contributed by atoms with van der Waals surface area (Å²) < 4.78 is 46.4. The lowest BCUT2D eigenvalue weighted by Gasteiger charge is -2.28. The number of benzene rings is 2. The molecule has 3 aromatic rings. The van der Waals surface area contributed by atoms with Crippen LogP contribution in [-0.2, 0) is 20.5 Å². The third kappa shape index (κ3) is 8.09. The molecular formula is C29H30ClF3N4O4. The van der Waals surface area contributed by atoms with Crippen LogP contribution in [0.4, 0.5) is 18.9 Å². The lowest BCUT2D eigenvalue weighted by molar-refractivity contribution is -0.142. The van der Waals surface area contributed by atoms with E-state index >= 15 is 0 Å². The zero-order chi connectivity index (χ0) is 29.6. The van der Waals surface area contributed by atoms with Crippen LogP contribution < -0.4 is 10.6 Å². The van der Waals surface area contributed by atoms with Gasteiger partial charge in [-0.2, -0.15) is 18.3 Å². The Morgan fingerprint density at radius 3 is 2.29 bits per heavy atom. The van der Waals surface area contributed by atoms with Crippen molar-refractivity contribution in [1.82, 2.24) is 15.1 Å². The van der Waals surface area contributed by atoms with Crippen LogP contribution >= 0.6 is 11.6 Å². The Morgan fingerprint density at radius 2 is 1.68 bits per heavy atom. The van der Waals surface area contributed by atoms with E-state index < -0.39 is 29.2 Å². The van der Waals surface area contributed by atoms with Gasteiger partial charge in [-0.1, -0.05) is 23.7 Å². The number of carbonyl (C=O) groups excluding carboxylic acids is 3. The van der Waals surface area contributed by atoms with E-state index in [9.17, 15) is 27.6 Å². The third-order valence-electron chi connectivity index (χ3n) is 7.15. The van der Waals surface area contributed by atoms with E-state index in [1.165, 1.54) is 31.4 Å². The number of carbonyl (C=O) groups is 3. The van der Waals surface area contributed by atoms with Gasteiger partial charge in [-0.25, -0.2) is 4.68 Å². The Kier molecular flexibility index (Phi) is 9.69. The second kappa shape index (κ2) is 13.2. The van der Waals surface area contributed by atoms with E-state index in [0.29, 0.717) is 34.7 Å². The van der Waals surface area contributed by atoms with Gasteiger partial charge >= 0.3 is 12.1 Å². The molecule has 1 saturated carbocycles. The zero-order valence-corrected chi connectivity index (χ0v) is 23.1. The van der Waals surface area contributed by atoms with Crippen LogP contribution in [0, 0.1) is 5.92 Å². The highest BCUT2D eigenvalue weighted by Gasteiger charge is 2.39. The first kappa shape index (κ1) is 30.1. The van der Waals surface area contributed by atoms with E-state index in [0.717, 1.165) is 42.1 Å². The molecule has 4 rings (SSSR count). The van der Waals surface area contributed by atoms with Crippen molar-refractivity contribution >= 4 is 35.1 Å². The maximum atomic E-state index is 13.6. The molecule has 1 aliphatic rings. The number of aromatic nitrogens is 2. The SMILES string of the molecule is COC(=O)CC1CCC(c2ccc(NC(=O)CCNC(=O)c3cn(-c4ccc(Cl)cc4)nc3C(F)(F)F)cc2)CC1. The first-order valence-electron chi connectivity index (χ1n) is 13.2. The number of halogens is 4. The standard InChI is InChI=1S/C29H30ClF3N4O4/c1-41-26(39)16-18-2-4-19(5-3-18)20-6-10-22(11-7-20)35-25(38)14-15-34-28(40)24-17-37(36-27(24)29(31,32)33)23-12-8-21(30)9-13-23/h6-13,17-19H,2-5,14-16H2,1H3,(H,34,40)(H,35,38). The molecular weight excluding hydrogens is 561 g/mol. The highest BCUT2D eigenvalue weighted by atomic mass is 35.5. The Balaban J connectivity index is 1.27. The molecule has 8 nitrogen and oxygen atoms in total. The molecule has 0 aliphatic heterocycles. The smallest absolute Gasteiger partial charge is 0.435 e. The molecule has 1 heterocycles. The average Bonchev–Trinajstić information content (AvgIpc) is 3.41. The Labute approximate surface area is 240 Å². The molecule has 218 valence electrons. The van der Waals surface area contributed by atoms with E-state index in [1.807, 2.05) is 12.1 Å². The fourth-order valence-electron chi connectivity index (χ4n) is 4.94. The normalized spacial score (nSPS) is 17.1. The molecule has 0 bridgehead atoms. The second-order valence-corrected chi connectivity index (χ2v) is 10.4. The number of amides is 2. The van der Waals surface area contributed by atoms with Crippen molar-refractivity contribution in [2.75, 3.05) is 19.0 Å². The van der Waals surface area contributed by atoms with Crippen molar-refractivity contribution in [2.24, 2.45) is 5.92 Å². The first-order valence-corrected chi connectivity index (χ1v) is 13.6.